The zero-order valence-corrected chi connectivity index (χ0v) is 22.6. The molecule has 1 aliphatic heterocycles. The van der Waals surface area contributed by atoms with Gasteiger partial charge in [-0.2, -0.15) is 0 Å². The van der Waals surface area contributed by atoms with Crippen molar-refractivity contribution in [3.8, 4) is 0 Å². The molecule has 0 bridgehead atoms. The smallest absolute Gasteiger partial charge is 0.233 e. The van der Waals surface area contributed by atoms with Crippen LogP contribution in [-0.4, -0.2) is 55.2 Å². The van der Waals surface area contributed by atoms with E-state index in [1.54, 1.807) is 11.3 Å². The van der Waals surface area contributed by atoms with Gasteiger partial charge in [-0.3, -0.25) is 14.6 Å². The van der Waals surface area contributed by atoms with Crippen LogP contribution in [0.4, 0.5) is 5.13 Å². The standard InChI is InChI=1S/C27H35N3O2S.ClH/c1-18-13-20(3)23(21(4)14-18)17-25(31)30(8-6-7-29-9-11-32-12-10-29)27-28-24-16-19(2)15-22(5)26(24)33-27;/h13-16H,6-12,17H2,1-5H3;1H. The third-order valence-corrected chi connectivity index (χ3v) is 7.70. The van der Waals surface area contributed by atoms with Crippen molar-refractivity contribution in [1.29, 1.82) is 0 Å². The molecule has 2 aromatic carbocycles. The average molecular weight is 502 g/mol. The van der Waals surface area contributed by atoms with Gasteiger partial charge in [-0.1, -0.05) is 35.1 Å². The number of halogens is 1. The highest BCUT2D eigenvalue weighted by Crippen LogP contribution is 2.33. The molecule has 3 aromatic rings. The van der Waals surface area contributed by atoms with Gasteiger partial charge in [0.15, 0.2) is 5.13 Å². The largest absolute Gasteiger partial charge is 0.379 e. The SMILES string of the molecule is Cc1cc(C)c(CC(=O)N(CCCN2CCOCC2)c2nc3cc(C)cc(C)c3s2)c(C)c1.Cl. The van der Waals surface area contributed by atoms with E-state index >= 15 is 0 Å². The Morgan fingerprint density at radius 1 is 1.00 bits per heavy atom. The number of aromatic nitrogens is 1. The summed E-state index contributed by atoms with van der Waals surface area (Å²) in [5, 5.41) is 0.813. The molecule has 0 saturated carbocycles. The fourth-order valence-corrected chi connectivity index (χ4v) is 5.88. The maximum absolute atomic E-state index is 13.7. The van der Waals surface area contributed by atoms with Crippen LogP contribution in [0.15, 0.2) is 24.3 Å². The van der Waals surface area contributed by atoms with Crippen LogP contribution in [-0.2, 0) is 16.0 Å². The molecule has 4 rings (SSSR count). The number of aryl methyl sites for hydroxylation is 5. The predicted molar refractivity (Wildman–Crippen MR) is 145 cm³/mol. The first-order chi connectivity index (χ1) is 15.8. The Labute approximate surface area is 213 Å². The summed E-state index contributed by atoms with van der Waals surface area (Å²) in [5.74, 6) is 0.125. The average Bonchev–Trinajstić information content (AvgIpc) is 3.18. The lowest BCUT2D eigenvalue weighted by atomic mass is 9.97. The van der Waals surface area contributed by atoms with Crippen LogP contribution in [0.3, 0.4) is 0 Å². The van der Waals surface area contributed by atoms with Crippen molar-refractivity contribution in [3.63, 3.8) is 0 Å². The molecule has 1 aromatic heterocycles. The quantitative estimate of drug-likeness (QED) is 0.425. The van der Waals surface area contributed by atoms with E-state index in [2.05, 4.69) is 63.8 Å². The molecule has 2 heterocycles. The summed E-state index contributed by atoms with van der Waals surface area (Å²) in [7, 11) is 0. The van der Waals surface area contributed by atoms with E-state index in [-0.39, 0.29) is 18.3 Å². The summed E-state index contributed by atoms with van der Waals surface area (Å²) in [5.41, 5.74) is 8.15. The van der Waals surface area contributed by atoms with E-state index in [9.17, 15) is 4.79 Å². The van der Waals surface area contributed by atoms with E-state index < -0.39 is 0 Å². The van der Waals surface area contributed by atoms with Gasteiger partial charge in [0.05, 0.1) is 29.9 Å². The molecular weight excluding hydrogens is 466 g/mol. The lowest BCUT2D eigenvalue weighted by molar-refractivity contribution is -0.118. The van der Waals surface area contributed by atoms with Crippen LogP contribution in [0.5, 0.6) is 0 Å². The van der Waals surface area contributed by atoms with Crippen molar-refractivity contribution in [2.24, 2.45) is 0 Å². The molecule has 1 aliphatic rings. The molecule has 7 heteroatoms. The zero-order chi connectivity index (χ0) is 23.5. The number of benzene rings is 2. The van der Waals surface area contributed by atoms with Crippen LogP contribution in [0.25, 0.3) is 10.2 Å². The summed E-state index contributed by atoms with van der Waals surface area (Å²) in [6.07, 6.45) is 1.33. The number of nitrogens with zero attached hydrogens (tertiary/aromatic N) is 3. The van der Waals surface area contributed by atoms with Crippen molar-refractivity contribution in [3.05, 3.63) is 57.6 Å². The Hall–Kier alpha value is -1.99. The third kappa shape index (κ3) is 6.16. The van der Waals surface area contributed by atoms with Crippen molar-refractivity contribution >= 4 is 45.0 Å². The number of anilines is 1. The topological polar surface area (TPSA) is 45.7 Å². The monoisotopic (exact) mass is 501 g/mol. The molecule has 0 radical (unpaired) electrons. The van der Waals surface area contributed by atoms with Crippen LogP contribution in [0.2, 0.25) is 0 Å². The number of ether oxygens (including phenoxy) is 1. The highest BCUT2D eigenvalue weighted by atomic mass is 35.5. The Kier molecular flexibility index (Phi) is 9.10. The minimum absolute atomic E-state index is 0. The molecular formula is C27H36ClN3O2S. The first-order valence-electron chi connectivity index (χ1n) is 11.9. The van der Waals surface area contributed by atoms with Gasteiger partial charge in [0, 0.05) is 26.2 Å². The number of rotatable bonds is 7. The molecule has 34 heavy (non-hydrogen) atoms. The van der Waals surface area contributed by atoms with Crippen molar-refractivity contribution in [1.82, 2.24) is 9.88 Å². The Bertz CT molecular complexity index is 1130. The molecule has 1 fully saturated rings. The maximum atomic E-state index is 13.7. The lowest BCUT2D eigenvalue weighted by Crippen LogP contribution is -2.39. The van der Waals surface area contributed by atoms with Gasteiger partial charge in [0.2, 0.25) is 5.91 Å². The fourth-order valence-electron chi connectivity index (χ4n) is 4.82. The first kappa shape index (κ1) is 26.6. The van der Waals surface area contributed by atoms with E-state index in [0.717, 1.165) is 55.5 Å². The van der Waals surface area contributed by atoms with Gasteiger partial charge in [0.1, 0.15) is 0 Å². The number of fused-ring (bicyclic) bond motifs is 1. The van der Waals surface area contributed by atoms with Gasteiger partial charge in [-0.25, -0.2) is 4.98 Å². The van der Waals surface area contributed by atoms with Gasteiger partial charge < -0.3 is 4.74 Å². The van der Waals surface area contributed by atoms with E-state index in [4.69, 9.17) is 9.72 Å². The van der Waals surface area contributed by atoms with Crippen LogP contribution >= 0.6 is 23.7 Å². The Morgan fingerprint density at radius 3 is 2.29 bits per heavy atom. The van der Waals surface area contributed by atoms with Crippen LogP contribution in [0.1, 0.15) is 39.8 Å². The minimum Gasteiger partial charge on any atom is -0.379 e. The molecule has 0 spiro atoms. The van der Waals surface area contributed by atoms with Crippen LogP contribution in [0, 0.1) is 34.6 Å². The molecule has 1 amide bonds. The predicted octanol–water partition coefficient (Wildman–Crippen LogP) is 5.56. The molecule has 5 nitrogen and oxygen atoms in total. The molecule has 0 N–H and O–H groups in total. The number of carbonyl (C=O) groups is 1. The van der Waals surface area contributed by atoms with Crippen LogP contribution < -0.4 is 4.90 Å². The summed E-state index contributed by atoms with van der Waals surface area (Å²) >= 11 is 1.64. The number of thiazole rings is 1. The molecule has 0 aliphatic carbocycles. The van der Waals surface area contributed by atoms with E-state index in [0.29, 0.717) is 13.0 Å². The molecule has 184 valence electrons. The second-order valence-electron chi connectivity index (χ2n) is 9.33. The number of hydrogen-bond donors (Lipinski definition) is 0. The fraction of sp³-hybridized carbons (Fsp3) is 0.481. The molecule has 1 saturated heterocycles. The maximum Gasteiger partial charge on any atom is 0.233 e. The van der Waals surface area contributed by atoms with Gasteiger partial charge in [-0.05, 0) is 74.9 Å². The molecule has 0 atom stereocenters. The Balaban J connectivity index is 0.00000324. The summed E-state index contributed by atoms with van der Waals surface area (Å²) in [4.78, 5) is 22.9. The zero-order valence-electron chi connectivity index (χ0n) is 20.9. The highest BCUT2D eigenvalue weighted by molar-refractivity contribution is 7.22. The van der Waals surface area contributed by atoms with Crippen molar-refractivity contribution in [2.75, 3.05) is 44.3 Å². The second kappa shape index (κ2) is 11.6. The van der Waals surface area contributed by atoms with Gasteiger partial charge in [-0.15, -0.1) is 12.4 Å². The second-order valence-corrected chi connectivity index (χ2v) is 10.3. The lowest BCUT2D eigenvalue weighted by Gasteiger charge is -2.28. The summed E-state index contributed by atoms with van der Waals surface area (Å²) in [6.45, 7) is 15.7. The minimum atomic E-state index is 0. The van der Waals surface area contributed by atoms with E-state index in [1.807, 2.05) is 4.90 Å². The first-order valence-corrected chi connectivity index (χ1v) is 12.7. The van der Waals surface area contributed by atoms with E-state index in [1.165, 1.54) is 32.5 Å². The number of hydrogen-bond acceptors (Lipinski definition) is 5. The van der Waals surface area contributed by atoms with Crippen molar-refractivity contribution in [2.45, 2.75) is 47.5 Å². The Morgan fingerprint density at radius 2 is 1.62 bits per heavy atom. The third-order valence-electron chi connectivity index (χ3n) is 6.47. The highest BCUT2D eigenvalue weighted by Gasteiger charge is 2.22. The van der Waals surface area contributed by atoms with Gasteiger partial charge >= 0.3 is 0 Å². The number of carbonyl (C=O) groups excluding carboxylic acids is 1. The van der Waals surface area contributed by atoms with Crippen molar-refractivity contribution < 1.29 is 9.53 Å². The summed E-state index contributed by atoms with van der Waals surface area (Å²) in [6, 6.07) is 8.64. The normalized spacial score (nSPS) is 14.3. The number of morpholine rings is 1. The number of amides is 1. The molecule has 0 unspecified atom stereocenters. The summed E-state index contributed by atoms with van der Waals surface area (Å²) < 4.78 is 6.64. The van der Waals surface area contributed by atoms with Gasteiger partial charge in [0.25, 0.3) is 0 Å².